The molecule has 1 fully saturated rings. The number of ether oxygens (including phenoxy) is 1. The van der Waals surface area contributed by atoms with Gasteiger partial charge in [-0.15, -0.1) is 0 Å². The molecule has 1 atom stereocenters. The maximum atomic E-state index is 10.4. The Balaban J connectivity index is 2.10. The Hall–Kier alpha value is -0.580. The molecule has 1 aromatic rings. The largest absolute Gasteiger partial charge is 0.496 e. The first kappa shape index (κ1) is 12.9. The molecule has 3 nitrogen and oxygen atoms in total. The molecule has 2 rings (SSSR count). The number of piperidine rings is 1. The van der Waals surface area contributed by atoms with E-state index in [9.17, 15) is 5.11 Å². The van der Waals surface area contributed by atoms with E-state index in [-0.39, 0.29) is 0 Å². The number of β-amino-alcohol motifs (C(OH)–C–C–N with tert-alkyl or cyclic N) is 1. The van der Waals surface area contributed by atoms with Gasteiger partial charge < -0.3 is 15.2 Å². The van der Waals surface area contributed by atoms with Crippen LogP contribution >= 0.6 is 15.9 Å². The van der Waals surface area contributed by atoms with Crippen molar-refractivity contribution < 1.29 is 9.84 Å². The first-order valence-corrected chi connectivity index (χ1v) is 6.68. The van der Waals surface area contributed by atoms with Crippen LogP contribution in [0.1, 0.15) is 18.4 Å². The van der Waals surface area contributed by atoms with Crippen molar-refractivity contribution in [2.45, 2.75) is 24.9 Å². The predicted octanol–water partition coefficient (Wildman–Crippen LogP) is 2.11. The summed E-state index contributed by atoms with van der Waals surface area (Å²) in [5.41, 5.74) is 0.524. The second-order valence-corrected chi connectivity index (χ2v) is 5.50. The minimum absolute atomic E-state index is 0.605. The van der Waals surface area contributed by atoms with E-state index in [0.29, 0.717) is 13.0 Å². The summed E-state index contributed by atoms with van der Waals surface area (Å²) in [7, 11) is 1.65. The standard InChI is InChI=1S/C13H18BrNO2/c1-17-12-4-3-10(7-11(12)14)8-13(16)5-2-6-15-9-13/h3-4,7,15-16H,2,5-6,8-9H2,1H3. The summed E-state index contributed by atoms with van der Waals surface area (Å²) in [6.45, 7) is 1.69. The van der Waals surface area contributed by atoms with E-state index in [1.165, 1.54) is 0 Å². The number of hydrogen-bond donors (Lipinski definition) is 2. The first-order chi connectivity index (χ1) is 8.13. The molecule has 0 amide bonds. The maximum Gasteiger partial charge on any atom is 0.133 e. The Morgan fingerprint density at radius 1 is 1.53 bits per heavy atom. The van der Waals surface area contributed by atoms with Crippen LogP contribution in [0.3, 0.4) is 0 Å². The molecule has 1 aromatic carbocycles. The van der Waals surface area contributed by atoms with Gasteiger partial charge in [0.1, 0.15) is 5.75 Å². The van der Waals surface area contributed by atoms with Crippen LogP contribution < -0.4 is 10.1 Å². The van der Waals surface area contributed by atoms with Crippen LogP contribution in [0.5, 0.6) is 5.75 Å². The molecule has 1 aliphatic rings. The SMILES string of the molecule is COc1ccc(CC2(O)CCCNC2)cc1Br. The van der Waals surface area contributed by atoms with Gasteiger partial charge in [-0.3, -0.25) is 0 Å². The third kappa shape index (κ3) is 3.21. The molecule has 1 unspecified atom stereocenters. The van der Waals surface area contributed by atoms with Crippen molar-refractivity contribution in [1.29, 1.82) is 0 Å². The van der Waals surface area contributed by atoms with E-state index in [4.69, 9.17) is 4.74 Å². The van der Waals surface area contributed by atoms with Gasteiger partial charge in [-0.05, 0) is 53.0 Å². The molecule has 1 aliphatic heterocycles. The van der Waals surface area contributed by atoms with Crippen molar-refractivity contribution in [3.63, 3.8) is 0 Å². The van der Waals surface area contributed by atoms with Crippen molar-refractivity contribution in [2.75, 3.05) is 20.2 Å². The predicted molar refractivity (Wildman–Crippen MR) is 71.5 cm³/mol. The molecule has 0 aliphatic carbocycles. The second kappa shape index (κ2) is 5.38. The van der Waals surface area contributed by atoms with Gasteiger partial charge in [0, 0.05) is 13.0 Å². The zero-order valence-corrected chi connectivity index (χ0v) is 11.6. The van der Waals surface area contributed by atoms with Gasteiger partial charge >= 0.3 is 0 Å². The molecule has 0 aromatic heterocycles. The van der Waals surface area contributed by atoms with Crippen molar-refractivity contribution in [1.82, 2.24) is 5.32 Å². The Kier molecular flexibility index (Phi) is 4.07. The molecule has 0 spiro atoms. The highest BCUT2D eigenvalue weighted by atomic mass is 79.9. The van der Waals surface area contributed by atoms with Crippen LogP contribution in [0, 0.1) is 0 Å². The highest BCUT2D eigenvalue weighted by molar-refractivity contribution is 9.10. The molecule has 0 saturated carbocycles. The molecule has 1 saturated heterocycles. The lowest BCUT2D eigenvalue weighted by Crippen LogP contribution is -2.47. The lowest BCUT2D eigenvalue weighted by Gasteiger charge is -2.32. The molecular formula is C13H18BrNO2. The topological polar surface area (TPSA) is 41.5 Å². The van der Waals surface area contributed by atoms with Crippen LogP contribution in [-0.4, -0.2) is 30.9 Å². The van der Waals surface area contributed by atoms with Gasteiger partial charge in [0.15, 0.2) is 0 Å². The Labute approximate surface area is 110 Å². The number of rotatable bonds is 3. The maximum absolute atomic E-state index is 10.4. The third-order valence-corrected chi connectivity index (χ3v) is 3.82. The van der Waals surface area contributed by atoms with Crippen LogP contribution in [0.15, 0.2) is 22.7 Å². The van der Waals surface area contributed by atoms with E-state index in [2.05, 4.69) is 21.2 Å². The zero-order valence-electron chi connectivity index (χ0n) is 10.0. The van der Waals surface area contributed by atoms with Gasteiger partial charge in [0.05, 0.1) is 17.2 Å². The Morgan fingerprint density at radius 2 is 2.35 bits per heavy atom. The Morgan fingerprint density at radius 3 is 2.94 bits per heavy atom. The fourth-order valence-electron chi connectivity index (χ4n) is 2.30. The molecule has 4 heteroatoms. The molecule has 94 valence electrons. The fraction of sp³-hybridized carbons (Fsp3) is 0.538. The highest BCUT2D eigenvalue weighted by Gasteiger charge is 2.29. The summed E-state index contributed by atoms with van der Waals surface area (Å²) in [6.07, 6.45) is 2.58. The van der Waals surface area contributed by atoms with E-state index >= 15 is 0 Å². The number of methoxy groups -OCH3 is 1. The molecule has 0 radical (unpaired) electrons. The fourth-order valence-corrected chi connectivity index (χ4v) is 2.89. The Bertz CT molecular complexity index is 389. The monoisotopic (exact) mass is 299 g/mol. The molecule has 1 heterocycles. The van der Waals surface area contributed by atoms with Gasteiger partial charge in [0.2, 0.25) is 0 Å². The normalized spacial score (nSPS) is 24.6. The summed E-state index contributed by atoms with van der Waals surface area (Å²) in [6, 6.07) is 5.96. The van der Waals surface area contributed by atoms with Crippen LogP contribution in [-0.2, 0) is 6.42 Å². The number of aliphatic hydroxyl groups is 1. The van der Waals surface area contributed by atoms with Crippen LogP contribution in [0.4, 0.5) is 0 Å². The molecule has 2 N–H and O–H groups in total. The molecule has 0 bridgehead atoms. The summed E-state index contributed by atoms with van der Waals surface area (Å²) < 4.78 is 6.13. The second-order valence-electron chi connectivity index (χ2n) is 4.65. The number of benzene rings is 1. The van der Waals surface area contributed by atoms with Gasteiger partial charge in [-0.25, -0.2) is 0 Å². The van der Waals surface area contributed by atoms with Gasteiger partial charge in [0.25, 0.3) is 0 Å². The number of halogens is 1. The van der Waals surface area contributed by atoms with E-state index in [1.807, 2.05) is 18.2 Å². The smallest absolute Gasteiger partial charge is 0.133 e. The average Bonchev–Trinajstić information content (AvgIpc) is 2.29. The highest BCUT2D eigenvalue weighted by Crippen LogP contribution is 2.28. The third-order valence-electron chi connectivity index (χ3n) is 3.20. The lowest BCUT2D eigenvalue weighted by molar-refractivity contribution is 0.0169. The minimum Gasteiger partial charge on any atom is -0.496 e. The van der Waals surface area contributed by atoms with E-state index < -0.39 is 5.60 Å². The molecular weight excluding hydrogens is 282 g/mol. The zero-order chi connectivity index (χ0) is 12.3. The van der Waals surface area contributed by atoms with E-state index in [1.54, 1.807) is 7.11 Å². The van der Waals surface area contributed by atoms with Crippen molar-refractivity contribution in [2.24, 2.45) is 0 Å². The van der Waals surface area contributed by atoms with Gasteiger partial charge in [-0.2, -0.15) is 0 Å². The van der Waals surface area contributed by atoms with Crippen molar-refractivity contribution in [3.05, 3.63) is 28.2 Å². The quantitative estimate of drug-likeness (QED) is 0.898. The van der Waals surface area contributed by atoms with E-state index in [0.717, 1.165) is 35.2 Å². The summed E-state index contributed by atoms with van der Waals surface area (Å²) in [5.74, 6) is 0.822. The van der Waals surface area contributed by atoms with Crippen LogP contribution in [0.2, 0.25) is 0 Å². The summed E-state index contributed by atoms with van der Waals surface area (Å²) >= 11 is 3.47. The van der Waals surface area contributed by atoms with Crippen molar-refractivity contribution >= 4 is 15.9 Å². The number of hydrogen-bond acceptors (Lipinski definition) is 3. The summed E-state index contributed by atoms with van der Waals surface area (Å²) in [5, 5.41) is 13.7. The lowest BCUT2D eigenvalue weighted by atomic mass is 9.87. The van der Waals surface area contributed by atoms with Crippen LogP contribution in [0.25, 0.3) is 0 Å². The minimum atomic E-state index is -0.605. The summed E-state index contributed by atoms with van der Waals surface area (Å²) in [4.78, 5) is 0. The number of nitrogens with one attached hydrogen (secondary N) is 1. The first-order valence-electron chi connectivity index (χ1n) is 5.88. The average molecular weight is 300 g/mol. The van der Waals surface area contributed by atoms with Gasteiger partial charge in [-0.1, -0.05) is 6.07 Å². The van der Waals surface area contributed by atoms with Crippen molar-refractivity contribution in [3.8, 4) is 5.75 Å². The molecule has 17 heavy (non-hydrogen) atoms.